The quantitative estimate of drug-likeness (QED) is 0.761. The van der Waals surface area contributed by atoms with Crippen molar-refractivity contribution in [3.63, 3.8) is 0 Å². The fourth-order valence-corrected chi connectivity index (χ4v) is 3.09. The SMILES string of the molecule is CC1CCCCN1CCCNC(=O)CC(N)c1ccccc1. The third-order valence-corrected chi connectivity index (χ3v) is 4.52. The van der Waals surface area contributed by atoms with E-state index >= 15 is 0 Å². The molecule has 2 unspecified atom stereocenters. The van der Waals surface area contributed by atoms with Gasteiger partial charge in [-0.25, -0.2) is 0 Å². The van der Waals surface area contributed by atoms with Crippen molar-refractivity contribution in [2.24, 2.45) is 5.73 Å². The van der Waals surface area contributed by atoms with Crippen LogP contribution >= 0.6 is 0 Å². The van der Waals surface area contributed by atoms with Gasteiger partial charge in [-0.3, -0.25) is 4.79 Å². The number of hydrogen-bond acceptors (Lipinski definition) is 3. The first-order valence-electron chi connectivity index (χ1n) is 8.48. The van der Waals surface area contributed by atoms with Crippen LogP contribution < -0.4 is 11.1 Å². The van der Waals surface area contributed by atoms with Crippen molar-refractivity contribution in [1.29, 1.82) is 0 Å². The van der Waals surface area contributed by atoms with E-state index in [2.05, 4.69) is 17.1 Å². The zero-order valence-electron chi connectivity index (χ0n) is 13.6. The number of piperidine rings is 1. The van der Waals surface area contributed by atoms with Crippen molar-refractivity contribution in [2.45, 2.75) is 51.1 Å². The Labute approximate surface area is 134 Å². The highest BCUT2D eigenvalue weighted by Crippen LogP contribution is 2.16. The molecular weight excluding hydrogens is 274 g/mol. The van der Waals surface area contributed by atoms with Crippen LogP contribution in [-0.4, -0.2) is 36.5 Å². The summed E-state index contributed by atoms with van der Waals surface area (Å²) >= 11 is 0. The summed E-state index contributed by atoms with van der Waals surface area (Å²) in [5, 5.41) is 2.99. The average molecular weight is 303 g/mol. The summed E-state index contributed by atoms with van der Waals surface area (Å²) in [4.78, 5) is 14.5. The van der Waals surface area contributed by atoms with Crippen molar-refractivity contribution in [3.8, 4) is 0 Å². The molecule has 1 fully saturated rings. The van der Waals surface area contributed by atoms with Gasteiger partial charge in [0.15, 0.2) is 0 Å². The van der Waals surface area contributed by atoms with Gasteiger partial charge in [-0.1, -0.05) is 36.8 Å². The first-order valence-corrected chi connectivity index (χ1v) is 8.48. The van der Waals surface area contributed by atoms with Gasteiger partial charge in [-0.2, -0.15) is 0 Å². The van der Waals surface area contributed by atoms with Crippen LogP contribution in [0.15, 0.2) is 30.3 Å². The van der Waals surface area contributed by atoms with Crippen LogP contribution in [0.4, 0.5) is 0 Å². The highest BCUT2D eigenvalue weighted by atomic mass is 16.1. The molecule has 0 radical (unpaired) electrons. The number of nitrogens with two attached hydrogens (primary N) is 1. The number of likely N-dealkylation sites (tertiary alicyclic amines) is 1. The molecule has 1 saturated heterocycles. The van der Waals surface area contributed by atoms with E-state index < -0.39 is 0 Å². The Morgan fingerprint density at radius 3 is 2.86 bits per heavy atom. The van der Waals surface area contributed by atoms with E-state index in [-0.39, 0.29) is 11.9 Å². The number of hydrogen-bond donors (Lipinski definition) is 2. The predicted molar refractivity (Wildman–Crippen MR) is 90.5 cm³/mol. The maximum Gasteiger partial charge on any atom is 0.221 e. The van der Waals surface area contributed by atoms with E-state index in [1.54, 1.807) is 0 Å². The molecule has 0 spiro atoms. The second-order valence-electron chi connectivity index (χ2n) is 6.31. The molecule has 0 saturated carbocycles. The molecular formula is C18H29N3O. The summed E-state index contributed by atoms with van der Waals surface area (Å²) in [7, 11) is 0. The lowest BCUT2D eigenvalue weighted by Gasteiger charge is -2.33. The molecule has 22 heavy (non-hydrogen) atoms. The molecule has 3 N–H and O–H groups in total. The van der Waals surface area contributed by atoms with Crippen molar-refractivity contribution in [2.75, 3.05) is 19.6 Å². The zero-order chi connectivity index (χ0) is 15.8. The Bertz CT molecular complexity index is 449. The summed E-state index contributed by atoms with van der Waals surface area (Å²) in [6, 6.07) is 10.3. The van der Waals surface area contributed by atoms with Crippen molar-refractivity contribution < 1.29 is 4.79 Å². The molecule has 1 amide bonds. The summed E-state index contributed by atoms with van der Waals surface area (Å²) in [5.41, 5.74) is 7.08. The lowest BCUT2D eigenvalue weighted by Crippen LogP contribution is -2.39. The van der Waals surface area contributed by atoms with E-state index in [4.69, 9.17) is 5.73 Å². The fourth-order valence-electron chi connectivity index (χ4n) is 3.09. The van der Waals surface area contributed by atoms with E-state index in [1.165, 1.54) is 25.8 Å². The smallest absolute Gasteiger partial charge is 0.221 e. The Hall–Kier alpha value is -1.39. The van der Waals surface area contributed by atoms with Gasteiger partial charge in [0.1, 0.15) is 0 Å². The maximum atomic E-state index is 11.9. The van der Waals surface area contributed by atoms with E-state index in [9.17, 15) is 4.79 Å². The Kier molecular flexibility index (Phi) is 6.87. The van der Waals surface area contributed by atoms with E-state index in [0.29, 0.717) is 12.5 Å². The molecule has 2 rings (SSSR count). The van der Waals surface area contributed by atoms with Crippen LogP contribution in [0.25, 0.3) is 0 Å². The van der Waals surface area contributed by atoms with Gasteiger partial charge >= 0.3 is 0 Å². The van der Waals surface area contributed by atoms with E-state index in [0.717, 1.165) is 25.1 Å². The van der Waals surface area contributed by atoms with Gasteiger partial charge in [-0.05, 0) is 38.3 Å². The van der Waals surface area contributed by atoms with Gasteiger partial charge in [0, 0.05) is 31.6 Å². The summed E-state index contributed by atoms with van der Waals surface area (Å²) in [6.07, 6.45) is 5.33. The number of carbonyl (C=O) groups excluding carboxylic acids is 1. The first kappa shape index (κ1) is 17.0. The monoisotopic (exact) mass is 303 g/mol. The summed E-state index contributed by atoms with van der Waals surface area (Å²) in [5.74, 6) is 0.0445. The second-order valence-corrected chi connectivity index (χ2v) is 6.31. The molecule has 1 aromatic rings. The van der Waals surface area contributed by atoms with Crippen LogP contribution in [0.1, 0.15) is 50.6 Å². The molecule has 1 heterocycles. The van der Waals surface area contributed by atoms with Crippen LogP contribution in [0, 0.1) is 0 Å². The van der Waals surface area contributed by atoms with Crippen LogP contribution in [0.2, 0.25) is 0 Å². The molecule has 4 heteroatoms. The molecule has 1 aliphatic heterocycles. The van der Waals surface area contributed by atoms with Gasteiger partial charge in [0.05, 0.1) is 0 Å². The molecule has 0 aromatic heterocycles. The minimum absolute atomic E-state index is 0.0445. The van der Waals surface area contributed by atoms with Gasteiger partial charge in [0.2, 0.25) is 5.91 Å². The van der Waals surface area contributed by atoms with Crippen LogP contribution in [0.5, 0.6) is 0 Å². The molecule has 2 atom stereocenters. The molecule has 0 bridgehead atoms. The third kappa shape index (κ3) is 5.43. The number of rotatable bonds is 7. The minimum Gasteiger partial charge on any atom is -0.356 e. The predicted octanol–water partition coefficient (Wildman–Crippen LogP) is 2.46. The zero-order valence-corrected chi connectivity index (χ0v) is 13.6. The lowest BCUT2D eigenvalue weighted by atomic mass is 10.0. The van der Waals surface area contributed by atoms with Crippen LogP contribution in [0.3, 0.4) is 0 Å². The molecule has 4 nitrogen and oxygen atoms in total. The highest BCUT2D eigenvalue weighted by Gasteiger charge is 2.17. The van der Waals surface area contributed by atoms with Gasteiger partial charge < -0.3 is 16.0 Å². The van der Waals surface area contributed by atoms with Crippen molar-refractivity contribution >= 4 is 5.91 Å². The average Bonchev–Trinajstić information content (AvgIpc) is 2.54. The molecule has 122 valence electrons. The Morgan fingerprint density at radius 1 is 1.36 bits per heavy atom. The summed E-state index contributed by atoms with van der Waals surface area (Å²) in [6.45, 7) is 5.32. The minimum atomic E-state index is -0.219. The number of nitrogens with zero attached hydrogens (tertiary/aromatic N) is 1. The maximum absolute atomic E-state index is 11.9. The number of benzene rings is 1. The Morgan fingerprint density at radius 2 is 2.14 bits per heavy atom. The molecule has 0 aliphatic carbocycles. The van der Waals surface area contributed by atoms with Gasteiger partial charge in [-0.15, -0.1) is 0 Å². The topological polar surface area (TPSA) is 58.4 Å². The van der Waals surface area contributed by atoms with Crippen molar-refractivity contribution in [1.82, 2.24) is 10.2 Å². The van der Waals surface area contributed by atoms with Crippen LogP contribution in [-0.2, 0) is 4.79 Å². The molecule has 1 aromatic carbocycles. The fraction of sp³-hybridized carbons (Fsp3) is 0.611. The first-order chi connectivity index (χ1) is 10.7. The second kappa shape index (κ2) is 8.91. The van der Waals surface area contributed by atoms with E-state index in [1.807, 2.05) is 30.3 Å². The molecule has 1 aliphatic rings. The number of nitrogens with one attached hydrogen (secondary N) is 1. The largest absolute Gasteiger partial charge is 0.356 e. The normalized spacial score (nSPS) is 20.5. The highest BCUT2D eigenvalue weighted by molar-refractivity contribution is 5.76. The summed E-state index contributed by atoms with van der Waals surface area (Å²) < 4.78 is 0. The van der Waals surface area contributed by atoms with Gasteiger partial charge in [0.25, 0.3) is 0 Å². The lowest BCUT2D eigenvalue weighted by molar-refractivity contribution is -0.121. The standard InChI is InChI=1S/C18H29N3O/c1-15-8-5-6-12-21(15)13-7-11-20-18(22)14-17(19)16-9-3-2-4-10-16/h2-4,9-10,15,17H,5-8,11-14,19H2,1H3,(H,20,22). The third-order valence-electron chi connectivity index (χ3n) is 4.52. The number of amides is 1. The Balaban J connectivity index is 1.61. The number of carbonyl (C=O) groups is 1. The van der Waals surface area contributed by atoms with Crippen molar-refractivity contribution in [3.05, 3.63) is 35.9 Å².